The maximum Gasteiger partial charge on any atom is 0.408 e. The van der Waals surface area contributed by atoms with Gasteiger partial charge in [0.25, 0.3) is 0 Å². The molecule has 0 bridgehead atoms. The van der Waals surface area contributed by atoms with Crippen molar-refractivity contribution in [2.24, 2.45) is 0 Å². The normalized spacial score (nSPS) is 18.1. The molecule has 40 heavy (non-hydrogen) atoms. The van der Waals surface area contributed by atoms with Crippen molar-refractivity contribution in [3.8, 4) is 11.1 Å². The third kappa shape index (κ3) is 5.72. The van der Waals surface area contributed by atoms with Gasteiger partial charge in [0.15, 0.2) is 0 Å². The Kier molecular flexibility index (Phi) is 8.16. The number of nitrogens with zero attached hydrogens (tertiary/aromatic N) is 2. The van der Waals surface area contributed by atoms with Gasteiger partial charge in [0.1, 0.15) is 18.7 Å². The van der Waals surface area contributed by atoms with Crippen molar-refractivity contribution in [1.82, 2.24) is 15.1 Å². The second-order valence-electron chi connectivity index (χ2n) is 10.6. The van der Waals surface area contributed by atoms with Gasteiger partial charge in [-0.3, -0.25) is 14.5 Å². The quantitative estimate of drug-likeness (QED) is 0.392. The number of carboxylic acids is 1. The minimum Gasteiger partial charge on any atom is -0.480 e. The first-order valence-electron chi connectivity index (χ1n) is 13.8. The minimum absolute atomic E-state index is 0.105. The number of benzene rings is 3. The lowest BCUT2D eigenvalue weighted by Gasteiger charge is -2.34. The Morgan fingerprint density at radius 3 is 2.23 bits per heavy atom. The predicted molar refractivity (Wildman–Crippen MR) is 152 cm³/mol. The Morgan fingerprint density at radius 1 is 0.975 bits per heavy atom. The van der Waals surface area contributed by atoms with Gasteiger partial charge in [0, 0.05) is 32.1 Å². The summed E-state index contributed by atoms with van der Waals surface area (Å²) in [5, 5.41) is 12.4. The van der Waals surface area contributed by atoms with Crippen molar-refractivity contribution < 1.29 is 24.2 Å². The highest BCUT2D eigenvalue weighted by Gasteiger charge is 2.48. The Balaban J connectivity index is 1.34. The Bertz CT molecular complexity index is 1330. The molecule has 3 aromatic rings. The molecule has 0 aromatic heterocycles. The van der Waals surface area contributed by atoms with Crippen molar-refractivity contribution in [2.75, 3.05) is 32.8 Å². The summed E-state index contributed by atoms with van der Waals surface area (Å²) in [6, 6.07) is 26.2. The zero-order valence-electron chi connectivity index (χ0n) is 22.7. The number of alkyl carbamates (subject to hydrolysis) is 1. The molecule has 1 aliphatic carbocycles. The second-order valence-corrected chi connectivity index (χ2v) is 10.6. The molecule has 8 nitrogen and oxygen atoms in total. The van der Waals surface area contributed by atoms with E-state index >= 15 is 0 Å². The van der Waals surface area contributed by atoms with E-state index in [2.05, 4.69) is 34.5 Å². The third-order valence-corrected chi connectivity index (χ3v) is 7.80. The first-order chi connectivity index (χ1) is 19.4. The maximum absolute atomic E-state index is 13.9. The van der Waals surface area contributed by atoms with E-state index in [1.54, 1.807) is 0 Å². The van der Waals surface area contributed by atoms with Crippen LogP contribution in [0.3, 0.4) is 0 Å². The summed E-state index contributed by atoms with van der Waals surface area (Å²) in [7, 11) is 0. The van der Waals surface area contributed by atoms with Crippen LogP contribution < -0.4 is 5.32 Å². The summed E-state index contributed by atoms with van der Waals surface area (Å²) in [6.07, 6.45) is 0.291. The van der Waals surface area contributed by atoms with E-state index in [4.69, 9.17) is 4.74 Å². The van der Waals surface area contributed by atoms with Crippen LogP contribution in [0.2, 0.25) is 0 Å². The van der Waals surface area contributed by atoms with E-state index in [1.807, 2.05) is 61.5 Å². The summed E-state index contributed by atoms with van der Waals surface area (Å²) in [5.74, 6) is -1.58. The van der Waals surface area contributed by atoms with Gasteiger partial charge in [-0.25, -0.2) is 4.79 Å². The number of carboxylic acid groups (broad SMARTS) is 1. The van der Waals surface area contributed by atoms with Gasteiger partial charge < -0.3 is 20.1 Å². The molecule has 0 saturated carbocycles. The Hall–Kier alpha value is -4.17. The van der Waals surface area contributed by atoms with Gasteiger partial charge in [-0.15, -0.1) is 0 Å². The van der Waals surface area contributed by atoms with Crippen molar-refractivity contribution in [3.63, 3.8) is 0 Å². The van der Waals surface area contributed by atoms with Gasteiger partial charge >= 0.3 is 12.1 Å². The smallest absolute Gasteiger partial charge is 0.408 e. The fourth-order valence-corrected chi connectivity index (χ4v) is 6.01. The summed E-state index contributed by atoms with van der Waals surface area (Å²) < 4.78 is 5.80. The number of hydrogen-bond acceptors (Lipinski definition) is 5. The van der Waals surface area contributed by atoms with Crippen LogP contribution >= 0.6 is 0 Å². The number of likely N-dealkylation sites (tertiary alicyclic amines) is 1. The van der Waals surface area contributed by atoms with Gasteiger partial charge in [-0.1, -0.05) is 85.8 Å². The van der Waals surface area contributed by atoms with Gasteiger partial charge in [0.2, 0.25) is 5.91 Å². The number of nitrogens with one attached hydrogen (secondary N) is 1. The molecule has 1 atom stereocenters. The highest BCUT2D eigenvalue weighted by molar-refractivity contribution is 5.92. The molecule has 0 spiro atoms. The van der Waals surface area contributed by atoms with Gasteiger partial charge in [0.05, 0.1) is 0 Å². The zero-order chi connectivity index (χ0) is 28.1. The zero-order valence-corrected chi connectivity index (χ0v) is 22.7. The summed E-state index contributed by atoms with van der Waals surface area (Å²) in [6.45, 7) is 3.37. The van der Waals surface area contributed by atoms with Crippen molar-refractivity contribution in [1.29, 1.82) is 0 Å². The van der Waals surface area contributed by atoms with E-state index in [1.165, 1.54) is 4.90 Å². The molecule has 1 aliphatic heterocycles. The topological polar surface area (TPSA) is 99.2 Å². The molecule has 208 valence electrons. The molecule has 1 fully saturated rings. The second kappa shape index (κ2) is 11.9. The standard InChI is InChI=1S/C32H35N3O5/c1-2-17-35(20-29(36)37)30(38)32(16-18-34(22-32)19-23-10-4-3-5-11-23)33-31(39)40-21-28-26-14-8-6-12-24(26)25-13-7-9-15-27(25)28/h3-15,28H,2,16-22H2,1H3,(H,33,39)(H,36,37). The highest BCUT2D eigenvalue weighted by atomic mass is 16.5. The molecule has 2 amide bonds. The number of rotatable bonds is 10. The molecule has 3 aromatic carbocycles. The summed E-state index contributed by atoms with van der Waals surface area (Å²) >= 11 is 0. The molecule has 1 heterocycles. The molecule has 2 aliphatic rings. The largest absolute Gasteiger partial charge is 0.480 e. The predicted octanol–water partition coefficient (Wildman–Crippen LogP) is 4.49. The van der Waals surface area contributed by atoms with Crippen LogP contribution in [-0.2, 0) is 20.9 Å². The first kappa shape index (κ1) is 27.4. The van der Waals surface area contributed by atoms with Gasteiger partial charge in [-0.05, 0) is 40.7 Å². The Labute approximate surface area is 234 Å². The van der Waals surface area contributed by atoms with E-state index < -0.39 is 24.1 Å². The lowest BCUT2D eigenvalue weighted by Crippen LogP contribution is -2.62. The van der Waals surface area contributed by atoms with Crippen LogP contribution in [0.4, 0.5) is 4.79 Å². The minimum atomic E-state index is -1.28. The number of fused-ring (bicyclic) bond motifs is 3. The van der Waals surface area contributed by atoms with Crippen LogP contribution in [0.1, 0.15) is 42.4 Å². The van der Waals surface area contributed by atoms with E-state index in [0.29, 0.717) is 25.9 Å². The molecule has 1 saturated heterocycles. The number of hydrogen-bond donors (Lipinski definition) is 2. The van der Waals surface area contributed by atoms with Crippen LogP contribution in [0.15, 0.2) is 78.9 Å². The van der Waals surface area contributed by atoms with E-state index in [0.717, 1.165) is 27.8 Å². The molecule has 8 heteroatoms. The summed E-state index contributed by atoms with van der Waals surface area (Å²) in [5.41, 5.74) is 4.30. The number of carbonyl (C=O) groups excluding carboxylic acids is 2. The van der Waals surface area contributed by atoms with Crippen molar-refractivity contribution in [2.45, 2.75) is 37.8 Å². The highest BCUT2D eigenvalue weighted by Crippen LogP contribution is 2.44. The summed E-state index contributed by atoms with van der Waals surface area (Å²) in [4.78, 5) is 42.2. The lowest BCUT2D eigenvalue weighted by molar-refractivity contribution is -0.147. The third-order valence-electron chi connectivity index (χ3n) is 7.80. The van der Waals surface area contributed by atoms with E-state index in [-0.39, 0.29) is 31.5 Å². The first-order valence-corrected chi connectivity index (χ1v) is 13.8. The van der Waals surface area contributed by atoms with Crippen molar-refractivity contribution >= 4 is 18.0 Å². The molecular weight excluding hydrogens is 506 g/mol. The molecule has 5 rings (SSSR count). The number of amides is 2. The monoisotopic (exact) mass is 541 g/mol. The maximum atomic E-state index is 13.9. The molecule has 2 N–H and O–H groups in total. The average molecular weight is 542 g/mol. The molecule has 1 unspecified atom stereocenters. The molecular formula is C32H35N3O5. The van der Waals surface area contributed by atoms with Crippen LogP contribution in [0, 0.1) is 0 Å². The number of ether oxygens (including phenoxy) is 1. The SMILES string of the molecule is CCCN(CC(=O)O)C(=O)C1(NC(=O)OCC2c3ccccc3-c3ccccc32)CCN(Cc2ccccc2)C1. The Morgan fingerprint density at radius 2 is 1.60 bits per heavy atom. The van der Waals surface area contributed by atoms with Gasteiger partial charge in [-0.2, -0.15) is 0 Å². The lowest BCUT2D eigenvalue weighted by atomic mass is 9.96. The molecule has 0 radical (unpaired) electrons. The van der Waals surface area contributed by atoms with E-state index in [9.17, 15) is 19.5 Å². The fraction of sp³-hybridized carbons (Fsp3) is 0.344. The van der Waals surface area contributed by atoms with Crippen LogP contribution in [0.25, 0.3) is 11.1 Å². The van der Waals surface area contributed by atoms with Crippen LogP contribution in [-0.4, -0.2) is 71.2 Å². The average Bonchev–Trinajstić information content (AvgIpc) is 3.51. The van der Waals surface area contributed by atoms with Crippen LogP contribution in [0.5, 0.6) is 0 Å². The fourth-order valence-electron chi connectivity index (χ4n) is 6.01. The number of carbonyl (C=O) groups is 3. The van der Waals surface area contributed by atoms with Crippen molar-refractivity contribution in [3.05, 3.63) is 95.6 Å². The number of aliphatic carboxylic acids is 1.